The first-order valence-electron chi connectivity index (χ1n) is 6.90. The third-order valence-corrected chi connectivity index (χ3v) is 3.32. The molecule has 2 rings (SSSR count). The number of nitrogens with zero attached hydrogens (tertiary/aromatic N) is 3. The normalized spacial score (nSPS) is 12.6. The first kappa shape index (κ1) is 13.7. The van der Waals surface area contributed by atoms with E-state index in [0.717, 1.165) is 24.5 Å². The number of hydrogen-bond acceptors (Lipinski definition) is 3. The summed E-state index contributed by atoms with van der Waals surface area (Å²) in [6.07, 6.45) is 1.72. The van der Waals surface area contributed by atoms with Gasteiger partial charge < -0.3 is 5.73 Å². The van der Waals surface area contributed by atoms with Crippen LogP contribution in [0.1, 0.15) is 42.7 Å². The summed E-state index contributed by atoms with van der Waals surface area (Å²) in [7, 11) is 0. The fourth-order valence-corrected chi connectivity index (χ4v) is 2.30. The molecule has 4 nitrogen and oxygen atoms in total. The molecule has 0 fully saturated rings. The SMILES string of the molecule is CCc1nc(CC)n(C(CN)c2cccc(C)c2)n1. The predicted molar refractivity (Wildman–Crippen MR) is 77.2 cm³/mol. The Morgan fingerprint density at radius 2 is 2.05 bits per heavy atom. The van der Waals surface area contributed by atoms with Crippen molar-refractivity contribution >= 4 is 0 Å². The van der Waals surface area contributed by atoms with Crippen LogP contribution in [0.5, 0.6) is 0 Å². The van der Waals surface area contributed by atoms with Gasteiger partial charge in [0, 0.05) is 19.4 Å². The zero-order valence-corrected chi connectivity index (χ0v) is 11.9. The standard InChI is InChI=1S/C15H22N4/c1-4-14-17-15(5-2)19(18-14)13(10-16)12-8-6-7-11(3)9-12/h6-9,13H,4-5,10,16H2,1-3H3. The lowest BCUT2D eigenvalue weighted by atomic mass is 10.0. The Hall–Kier alpha value is -1.68. The van der Waals surface area contributed by atoms with E-state index in [0.29, 0.717) is 6.54 Å². The number of rotatable bonds is 5. The van der Waals surface area contributed by atoms with Gasteiger partial charge in [-0.05, 0) is 12.5 Å². The van der Waals surface area contributed by atoms with Crippen LogP contribution in [-0.4, -0.2) is 21.3 Å². The smallest absolute Gasteiger partial charge is 0.150 e. The van der Waals surface area contributed by atoms with E-state index >= 15 is 0 Å². The van der Waals surface area contributed by atoms with E-state index in [2.05, 4.69) is 55.1 Å². The summed E-state index contributed by atoms with van der Waals surface area (Å²) in [5.74, 6) is 1.90. The Kier molecular flexibility index (Phi) is 4.32. The third kappa shape index (κ3) is 2.84. The molecule has 0 aliphatic rings. The van der Waals surface area contributed by atoms with Crippen molar-refractivity contribution < 1.29 is 0 Å². The second-order valence-corrected chi connectivity index (χ2v) is 4.76. The summed E-state index contributed by atoms with van der Waals surface area (Å²) in [5, 5.41) is 4.60. The van der Waals surface area contributed by atoms with Crippen LogP contribution in [0.3, 0.4) is 0 Å². The van der Waals surface area contributed by atoms with E-state index in [9.17, 15) is 0 Å². The van der Waals surface area contributed by atoms with Gasteiger partial charge in [-0.15, -0.1) is 0 Å². The van der Waals surface area contributed by atoms with Crippen LogP contribution >= 0.6 is 0 Å². The minimum absolute atomic E-state index is 0.0719. The second kappa shape index (κ2) is 5.97. The van der Waals surface area contributed by atoms with Crippen molar-refractivity contribution in [2.24, 2.45) is 5.73 Å². The molecule has 2 aromatic rings. The molecule has 0 saturated heterocycles. The molecular weight excluding hydrogens is 236 g/mol. The van der Waals surface area contributed by atoms with Crippen LogP contribution in [0, 0.1) is 6.92 Å². The molecule has 4 heteroatoms. The molecule has 1 aromatic heterocycles. The number of nitrogens with two attached hydrogens (primary N) is 1. The van der Waals surface area contributed by atoms with Gasteiger partial charge in [-0.2, -0.15) is 5.10 Å². The van der Waals surface area contributed by atoms with Crippen LogP contribution in [0.25, 0.3) is 0 Å². The van der Waals surface area contributed by atoms with E-state index in [-0.39, 0.29) is 6.04 Å². The van der Waals surface area contributed by atoms with E-state index < -0.39 is 0 Å². The molecule has 0 aliphatic heterocycles. The van der Waals surface area contributed by atoms with Crippen molar-refractivity contribution in [3.63, 3.8) is 0 Å². The number of benzene rings is 1. The molecule has 0 radical (unpaired) electrons. The van der Waals surface area contributed by atoms with Gasteiger partial charge in [-0.3, -0.25) is 0 Å². The fraction of sp³-hybridized carbons (Fsp3) is 0.467. The zero-order chi connectivity index (χ0) is 13.8. The summed E-state index contributed by atoms with van der Waals surface area (Å²) >= 11 is 0. The van der Waals surface area contributed by atoms with E-state index in [1.165, 1.54) is 11.1 Å². The minimum atomic E-state index is 0.0719. The number of aromatic nitrogens is 3. The highest BCUT2D eigenvalue weighted by Crippen LogP contribution is 2.19. The number of aryl methyl sites for hydroxylation is 3. The molecule has 1 aromatic carbocycles. The highest BCUT2D eigenvalue weighted by Gasteiger charge is 2.18. The van der Waals surface area contributed by atoms with Crippen LogP contribution < -0.4 is 5.73 Å². The van der Waals surface area contributed by atoms with E-state index in [1.54, 1.807) is 0 Å². The van der Waals surface area contributed by atoms with Crippen molar-refractivity contribution in [2.45, 2.75) is 39.7 Å². The Morgan fingerprint density at radius 1 is 1.26 bits per heavy atom. The van der Waals surface area contributed by atoms with Crippen LogP contribution in [0.4, 0.5) is 0 Å². The largest absolute Gasteiger partial charge is 0.328 e. The Balaban J connectivity index is 2.44. The number of hydrogen-bond donors (Lipinski definition) is 1. The molecule has 1 atom stereocenters. The summed E-state index contributed by atoms with van der Waals surface area (Å²) in [6.45, 7) is 6.80. The van der Waals surface area contributed by atoms with Gasteiger partial charge in [-0.1, -0.05) is 43.7 Å². The summed E-state index contributed by atoms with van der Waals surface area (Å²) in [4.78, 5) is 4.56. The average molecular weight is 258 g/mol. The lowest BCUT2D eigenvalue weighted by Crippen LogP contribution is -2.23. The van der Waals surface area contributed by atoms with Crippen LogP contribution in [-0.2, 0) is 12.8 Å². The molecule has 19 heavy (non-hydrogen) atoms. The maximum Gasteiger partial charge on any atom is 0.150 e. The fourth-order valence-electron chi connectivity index (χ4n) is 2.30. The predicted octanol–water partition coefficient (Wildman–Crippen LogP) is 2.26. The maximum atomic E-state index is 5.97. The molecule has 1 unspecified atom stereocenters. The summed E-state index contributed by atoms with van der Waals surface area (Å²) in [5.41, 5.74) is 8.41. The molecule has 2 N–H and O–H groups in total. The van der Waals surface area contributed by atoms with Gasteiger partial charge in [0.25, 0.3) is 0 Å². The molecule has 1 heterocycles. The molecule has 0 amide bonds. The summed E-state index contributed by atoms with van der Waals surface area (Å²) < 4.78 is 1.99. The minimum Gasteiger partial charge on any atom is -0.328 e. The lowest BCUT2D eigenvalue weighted by Gasteiger charge is -2.18. The van der Waals surface area contributed by atoms with Gasteiger partial charge in [0.2, 0.25) is 0 Å². The molecular formula is C15H22N4. The summed E-state index contributed by atoms with van der Waals surface area (Å²) in [6, 6.07) is 8.51. The van der Waals surface area contributed by atoms with Crippen molar-refractivity contribution in [1.82, 2.24) is 14.8 Å². The Bertz CT molecular complexity index is 545. The van der Waals surface area contributed by atoms with Gasteiger partial charge in [0.1, 0.15) is 5.82 Å². The van der Waals surface area contributed by atoms with Crippen molar-refractivity contribution in [2.75, 3.05) is 6.54 Å². The van der Waals surface area contributed by atoms with Crippen molar-refractivity contribution in [1.29, 1.82) is 0 Å². The third-order valence-electron chi connectivity index (χ3n) is 3.32. The zero-order valence-electron chi connectivity index (χ0n) is 11.9. The van der Waals surface area contributed by atoms with Crippen molar-refractivity contribution in [3.05, 3.63) is 47.0 Å². The van der Waals surface area contributed by atoms with Crippen molar-refractivity contribution in [3.8, 4) is 0 Å². The van der Waals surface area contributed by atoms with Crippen LogP contribution in [0.15, 0.2) is 24.3 Å². The topological polar surface area (TPSA) is 56.7 Å². The van der Waals surface area contributed by atoms with Gasteiger partial charge in [0.05, 0.1) is 6.04 Å². The molecule has 0 spiro atoms. The maximum absolute atomic E-state index is 5.97. The van der Waals surface area contributed by atoms with Gasteiger partial charge >= 0.3 is 0 Å². The van der Waals surface area contributed by atoms with Gasteiger partial charge in [0.15, 0.2) is 5.82 Å². The lowest BCUT2D eigenvalue weighted by molar-refractivity contribution is 0.505. The van der Waals surface area contributed by atoms with E-state index in [1.807, 2.05) is 4.68 Å². The molecule has 0 saturated carbocycles. The van der Waals surface area contributed by atoms with Crippen LogP contribution in [0.2, 0.25) is 0 Å². The quantitative estimate of drug-likeness (QED) is 0.895. The second-order valence-electron chi connectivity index (χ2n) is 4.76. The highest BCUT2D eigenvalue weighted by atomic mass is 15.4. The Morgan fingerprint density at radius 3 is 2.63 bits per heavy atom. The monoisotopic (exact) mass is 258 g/mol. The molecule has 0 bridgehead atoms. The Labute approximate surface area is 114 Å². The molecule has 0 aliphatic carbocycles. The average Bonchev–Trinajstić information content (AvgIpc) is 2.83. The first-order valence-corrected chi connectivity index (χ1v) is 6.90. The molecule has 102 valence electrons. The van der Waals surface area contributed by atoms with E-state index in [4.69, 9.17) is 5.73 Å². The highest BCUT2D eigenvalue weighted by molar-refractivity contribution is 5.26. The van der Waals surface area contributed by atoms with Gasteiger partial charge in [-0.25, -0.2) is 9.67 Å². The first-order chi connectivity index (χ1) is 9.19.